The van der Waals surface area contributed by atoms with E-state index in [1.54, 1.807) is 0 Å². The highest BCUT2D eigenvalue weighted by molar-refractivity contribution is 5.27. The van der Waals surface area contributed by atoms with Gasteiger partial charge in [0.15, 0.2) is 0 Å². The minimum absolute atomic E-state index is 0.704. The van der Waals surface area contributed by atoms with E-state index in [1.807, 2.05) is 0 Å². The molecule has 0 bridgehead atoms. The second-order valence-electron chi connectivity index (χ2n) is 4.37. The molecule has 1 aromatic carbocycles. The van der Waals surface area contributed by atoms with E-state index in [-0.39, 0.29) is 0 Å². The zero-order valence-electron chi connectivity index (χ0n) is 10.8. The molecular weight excluding hydrogens is 196 g/mol. The van der Waals surface area contributed by atoms with Crippen LogP contribution in [-0.2, 0) is 6.42 Å². The summed E-state index contributed by atoms with van der Waals surface area (Å²) in [6, 6.07) is 8.46. The van der Waals surface area contributed by atoms with E-state index in [9.17, 15) is 0 Å². The van der Waals surface area contributed by atoms with Gasteiger partial charge in [-0.15, -0.1) is 0 Å². The Hall–Kier alpha value is -0.980. The van der Waals surface area contributed by atoms with E-state index in [4.69, 9.17) is 4.74 Å². The third-order valence-corrected chi connectivity index (χ3v) is 3.09. The lowest BCUT2D eigenvalue weighted by atomic mass is 10.0. The summed E-state index contributed by atoms with van der Waals surface area (Å²) in [4.78, 5) is 0. The molecule has 0 heterocycles. The van der Waals surface area contributed by atoms with Gasteiger partial charge in [-0.05, 0) is 36.5 Å². The maximum atomic E-state index is 5.81. The van der Waals surface area contributed by atoms with Gasteiger partial charge in [0, 0.05) is 0 Å². The first-order valence-electron chi connectivity index (χ1n) is 6.51. The second-order valence-corrected chi connectivity index (χ2v) is 4.37. The Bertz CT molecular complexity index is 276. The molecule has 0 aliphatic rings. The predicted molar refractivity (Wildman–Crippen MR) is 70.0 cm³/mol. The maximum absolute atomic E-state index is 5.81. The van der Waals surface area contributed by atoms with E-state index < -0.39 is 0 Å². The highest BCUT2D eigenvalue weighted by Crippen LogP contribution is 2.16. The first kappa shape index (κ1) is 13.1. The van der Waals surface area contributed by atoms with Gasteiger partial charge in [-0.1, -0.05) is 45.7 Å². The van der Waals surface area contributed by atoms with Gasteiger partial charge >= 0.3 is 0 Å². The van der Waals surface area contributed by atoms with Crippen LogP contribution in [0.4, 0.5) is 0 Å². The molecule has 0 N–H and O–H groups in total. The Morgan fingerprint density at radius 1 is 1.06 bits per heavy atom. The van der Waals surface area contributed by atoms with Gasteiger partial charge in [-0.2, -0.15) is 0 Å². The first-order chi connectivity index (χ1) is 7.80. The Labute approximate surface area is 99.8 Å². The summed E-state index contributed by atoms with van der Waals surface area (Å²) in [7, 11) is 0. The molecule has 0 aliphatic heterocycles. The van der Waals surface area contributed by atoms with Crippen molar-refractivity contribution >= 4 is 0 Å². The minimum Gasteiger partial charge on any atom is -0.493 e. The van der Waals surface area contributed by atoms with Crippen LogP contribution in [0.5, 0.6) is 5.75 Å². The molecule has 0 aromatic heterocycles. The number of benzene rings is 1. The number of ether oxygens (including phenoxy) is 1. The van der Waals surface area contributed by atoms with Crippen molar-refractivity contribution in [3.05, 3.63) is 29.8 Å². The van der Waals surface area contributed by atoms with Crippen molar-refractivity contribution in [2.24, 2.45) is 5.92 Å². The quantitative estimate of drug-likeness (QED) is 0.659. The van der Waals surface area contributed by atoms with Crippen LogP contribution in [0.1, 0.15) is 45.6 Å². The molecule has 0 saturated carbocycles. The highest BCUT2D eigenvalue weighted by Gasteiger charge is 2.05. The second kappa shape index (κ2) is 7.32. The fourth-order valence-electron chi connectivity index (χ4n) is 1.85. The summed E-state index contributed by atoms with van der Waals surface area (Å²) < 4.78 is 5.81. The lowest BCUT2D eigenvalue weighted by Crippen LogP contribution is -2.10. The molecular formula is C15H24O. The van der Waals surface area contributed by atoms with Crippen LogP contribution >= 0.6 is 0 Å². The van der Waals surface area contributed by atoms with Crippen LogP contribution in [0.25, 0.3) is 0 Å². The molecule has 0 spiro atoms. The van der Waals surface area contributed by atoms with E-state index in [0.717, 1.165) is 18.8 Å². The van der Waals surface area contributed by atoms with E-state index in [2.05, 4.69) is 45.0 Å². The molecule has 0 aliphatic carbocycles. The van der Waals surface area contributed by atoms with E-state index in [1.165, 1.54) is 24.8 Å². The summed E-state index contributed by atoms with van der Waals surface area (Å²) in [5.41, 5.74) is 1.37. The minimum atomic E-state index is 0.704. The molecule has 90 valence electrons. The molecule has 1 rings (SSSR count). The van der Waals surface area contributed by atoms with Crippen LogP contribution in [0.3, 0.4) is 0 Å². The molecule has 16 heavy (non-hydrogen) atoms. The number of aryl methyl sites for hydroxylation is 1. The molecule has 1 aromatic rings. The van der Waals surface area contributed by atoms with E-state index in [0.29, 0.717) is 5.92 Å². The lowest BCUT2D eigenvalue weighted by Gasteiger charge is -2.15. The van der Waals surface area contributed by atoms with Crippen LogP contribution in [-0.4, -0.2) is 6.61 Å². The van der Waals surface area contributed by atoms with Crippen molar-refractivity contribution in [1.82, 2.24) is 0 Å². The summed E-state index contributed by atoms with van der Waals surface area (Å²) in [6.07, 6.45) is 4.81. The monoisotopic (exact) mass is 220 g/mol. The van der Waals surface area contributed by atoms with Crippen molar-refractivity contribution in [3.63, 3.8) is 0 Å². The topological polar surface area (TPSA) is 9.23 Å². The number of hydrogen-bond donors (Lipinski definition) is 0. The van der Waals surface area contributed by atoms with Crippen molar-refractivity contribution in [1.29, 1.82) is 0 Å². The molecule has 1 atom stereocenters. The van der Waals surface area contributed by atoms with Crippen molar-refractivity contribution in [3.8, 4) is 5.75 Å². The predicted octanol–water partition coefficient (Wildman–Crippen LogP) is 4.45. The van der Waals surface area contributed by atoms with Gasteiger partial charge in [-0.3, -0.25) is 0 Å². The molecule has 0 fully saturated rings. The molecule has 1 nitrogen and oxygen atoms in total. The molecule has 0 saturated heterocycles. The molecule has 1 heteroatoms. The van der Waals surface area contributed by atoms with Crippen molar-refractivity contribution in [2.45, 2.75) is 46.5 Å². The van der Waals surface area contributed by atoms with Gasteiger partial charge in [0.05, 0.1) is 6.61 Å². The summed E-state index contributed by atoms with van der Waals surface area (Å²) >= 11 is 0. The summed E-state index contributed by atoms with van der Waals surface area (Å²) in [5, 5.41) is 0. The van der Waals surface area contributed by atoms with Crippen LogP contribution < -0.4 is 4.74 Å². The van der Waals surface area contributed by atoms with Gasteiger partial charge in [-0.25, -0.2) is 0 Å². The highest BCUT2D eigenvalue weighted by atomic mass is 16.5. The maximum Gasteiger partial charge on any atom is 0.119 e. The van der Waals surface area contributed by atoms with Crippen LogP contribution in [0.2, 0.25) is 0 Å². The zero-order valence-corrected chi connectivity index (χ0v) is 10.8. The fourth-order valence-corrected chi connectivity index (χ4v) is 1.85. The van der Waals surface area contributed by atoms with Gasteiger partial charge in [0.2, 0.25) is 0 Å². The van der Waals surface area contributed by atoms with Gasteiger partial charge in [0.25, 0.3) is 0 Å². The van der Waals surface area contributed by atoms with Crippen molar-refractivity contribution < 1.29 is 4.74 Å². The summed E-state index contributed by atoms with van der Waals surface area (Å²) in [5.74, 6) is 1.71. The van der Waals surface area contributed by atoms with Gasteiger partial charge < -0.3 is 4.74 Å². The first-order valence-corrected chi connectivity index (χ1v) is 6.51. The van der Waals surface area contributed by atoms with Gasteiger partial charge in [0.1, 0.15) is 5.75 Å². The third kappa shape index (κ3) is 4.26. The largest absolute Gasteiger partial charge is 0.493 e. The zero-order chi connectivity index (χ0) is 11.8. The summed E-state index contributed by atoms with van der Waals surface area (Å²) in [6.45, 7) is 7.50. The lowest BCUT2D eigenvalue weighted by molar-refractivity contribution is 0.235. The smallest absolute Gasteiger partial charge is 0.119 e. The average molecular weight is 220 g/mol. The molecule has 1 unspecified atom stereocenters. The Balaban J connectivity index is 2.40. The standard InChI is InChI=1S/C15H24O/c1-4-7-14(6-3)12-16-15-10-8-13(5-2)9-11-15/h8-11,14H,4-7,12H2,1-3H3. The van der Waals surface area contributed by atoms with E-state index >= 15 is 0 Å². The number of rotatable bonds is 7. The Kier molecular flexibility index (Phi) is 5.99. The number of hydrogen-bond acceptors (Lipinski definition) is 1. The third-order valence-electron chi connectivity index (χ3n) is 3.09. The SMILES string of the molecule is CCCC(CC)COc1ccc(CC)cc1. The fraction of sp³-hybridized carbons (Fsp3) is 0.600. The normalized spacial score (nSPS) is 12.4. The average Bonchev–Trinajstić information content (AvgIpc) is 2.35. The Morgan fingerprint density at radius 2 is 1.75 bits per heavy atom. The Morgan fingerprint density at radius 3 is 2.25 bits per heavy atom. The van der Waals surface area contributed by atoms with Crippen molar-refractivity contribution in [2.75, 3.05) is 6.61 Å². The van der Waals surface area contributed by atoms with Crippen LogP contribution in [0.15, 0.2) is 24.3 Å². The molecule has 0 radical (unpaired) electrons. The molecule has 0 amide bonds. The van der Waals surface area contributed by atoms with Crippen LogP contribution in [0, 0.1) is 5.92 Å².